The van der Waals surface area contributed by atoms with Gasteiger partial charge < -0.3 is 15.2 Å². The number of rotatable bonds is 3. The van der Waals surface area contributed by atoms with Crippen LogP contribution < -0.4 is 10.4 Å². The van der Waals surface area contributed by atoms with Crippen LogP contribution in [0.15, 0.2) is 18.2 Å². The summed E-state index contributed by atoms with van der Waals surface area (Å²) in [6, 6.07) is 3.88. The van der Waals surface area contributed by atoms with Gasteiger partial charge in [0, 0.05) is 23.5 Å². The zero-order chi connectivity index (χ0) is 15.1. The lowest BCUT2D eigenvalue weighted by atomic mass is 9.78. The lowest BCUT2D eigenvalue weighted by Gasteiger charge is -2.30. The summed E-state index contributed by atoms with van der Waals surface area (Å²) in [7, 11) is 0. The van der Waals surface area contributed by atoms with Crippen LogP contribution in [-0.4, -0.2) is 11.9 Å². The molecule has 1 aromatic rings. The Hall–Kier alpha value is -1.62. The lowest BCUT2D eigenvalue weighted by Crippen LogP contribution is -2.43. The van der Waals surface area contributed by atoms with E-state index in [1.54, 1.807) is 0 Å². The van der Waals surface area contributed by atoms with Crippen molar-refractivity contribution in [1.82, 2.24) is 0 Å². The first-order valence-corrected chi connectivity index (χ1v) is 7.32. The van der Waals surface area contributed by atoms with Crippen LogP contribution in [-0.2, 0) is 9.59 Å². The summed E-state index contributed by atoms with van der Waals surface area (Å²) >= 11 is 5.67. The third-order valence-corrected chi connectivity index (χ3v) is 4.97. The molecular weight excluding hydrogens is 297 g/mol. The number of fused-ring (bicyclic) bond motifs is 2. The molecule has 0 radical (unpaired) electrons. The molecule has 2 aliphatic carbocycles. The van der Waals surface area contributed by atoms with Crippen LogP contribution in [0.25, 0.3) is 0 Å². The molecule has 2 bridgehead atoms. The van der Waals surface area contributed by atoms with E-state index >= 15 is 0 Å². The van der Waals surface area contributed by atoms with Gasteiger partial charge in [0.05, 0.1) is 5.02 Å². The first-order valence-electron chi connectivity index (χ1n) is 6.94. The fourth-order valence-corrected chi connectivity index (χ4v) is 3.99. The molecule has 0 aliphatic heterocycles. The van der Waals surface area contributed by atoms with Crippen molar-refractivity contribution < 1.29 is 19.1 Å². The Kier molecular flexibility index (Phi) is 3.61. The highest BCUT2D eigenvalue weighted by atomic mass is 35.5. The number of benzene rings is 1. The van der Waals surface area contributed by atoms with Gasteiger partial charge in [-0.15, -0.1) is 0 Å². The molecular formula is C15H14ClFNO3-. The highest BCUT2D eigenvalue weighted by Gasteiger charge is 2.51. The topological polar surface area (TPSA) is 69.2 Å². The highest BCUT2D eigenvalue weighted by Crippen LogP contribution is 2.52. The van der Waals surface area contributed by atoms with Crippen LogP contribution in [0, 0.1) is 29.5 Å². The lowest BCUT2D eigenvalue weighted by molar-refractivity contribution is -0.314. The zero-order valence-corrected chi connectivity index (χ0v) is 11.9. The summed E-state index contributed by atoms with van der Waals surface area (Å²) in [5.74, 6) is -3.24. The van der Waals surface area contributed by atoms with Gasteiger partial charge in [-0.1, -0.05) is 11.6 Å². The molecule has 1 N–H and O–H groups in total. The Bertz CT molecular complexity index is 607. The molecule has 21 heavy (non-hydrogen) atoms. The van der Waals surface area contributed by atoms with E-state index in [2.05, 4.69) is 5.32 Å². The Morgan fingerprint density at radius 3 is 2.52 bits per heavy atom. The van der Waals surface area contributed by atoms with E-state index in [4.69, 9.17) is 11.6 Å². The first-order chi connectivity index (χ1) is 9.97. The van der Waals surface area contributed by atoms with Crippen molar-refractivity contribution >= 4 is 29.2 Å². The van der Waals surface area contributed by atoms with E-state index in [0.717, 1.165) is 25.3 Å². The Morgan fingerprint density at radius 1 is 1.24 bits per heavy atom. The van der Waals surface area contributed by atoms with Gasteiger partial charge in [-0.05, 0) is 49.3 Å². The van der Waals surface area contributed by atoms with Gasteiger partial charge in [0.15, 0.2) is 0 Å². The average Bonchev–Trinajstić information content (AvgIpc) is 3.03. The van der Waals surface area contributed by atoms with Crippen molar-refractivity contribution in [1.29, 1.82) is 0 Å². The third-order valence-electron chi connectivity index (χ3n) is 4.68. The molecule has 0 heterocycles. The molecule has 2 aliphatic rings. The summed E-state index contributed by atoms with van der Waals surface area (Å²) in [5, 5.41) is 13.9. The van der Waals surface area contributed by atoms with Crippen LogP contribution in [0.3, 0.4) is 0 Å². The minimum atomic E-state index is -1.15. The number of nitrogens with one attached hydrogen (secondary N) is 1. The van der Waals surface area contributed by atoms with Crippen molar-refractivity contribution in [2.24, 2.45) is 23.7 Å². The predicted octanol–water partition coefficient (Wildman–Crippen LogP) is 1.83. The van der Waals surface area contributed by atoms with Crippen molar-refractivity contribution in [3.63, 3.8) is 0 Å². The van der Waals surface area contributed by atoms with Crippen molar-refractivity contribution in [2.75, 3.05) is 5.32 Å². The fraction of sp³-hybridized carbons (Fsp3) is 0.467. The van der Waals surface area contributed by atoms with E-state index in [0.29, 0.717) is 5.69 Å². The number of amides is 1. The number of hydrogen-bond donors (Lipinski definition) is 1. The second-order valence-corrected chi connectivity index (χ2v) is 6.23. The number of carboxylic acids is 1. The maximum Gasteiger partial charge on any atom is 0.228 e. The molecule has 3 rings (SSSR count). The summed E-state index contributed by atoms with van der Waals surface area (Å²) < 4.78 is 13.1. The predicted molar refractivity (Wildman–Crippen MR) is 72.9 cm³/mol. The number of aliphatic carboxylic acids is 1. The second kappa shape index (κ2) is 5.30. The SMILES string of the molecule is O=C(Nc1ccc(F)c(Cl)c1)[C@@H]1[C@H]2CC[C@@H](C2)[C@@H]1C(=O)[O-]. The number of carbonyl (C=O) groups excluding carboxylic acids is 2. The molecule has 6 heteroatoms. The van der Waals surface area contributed by atoms with Gasteiger partial charge in [0.2, 0.25) is 5.91 Å². The van der Waals surface area contributed by atoms with Gasteiger partial charge in [-0.2, -0.15) is 0 Å². The largest absolute Gasteiger partial charge is 0.550 e. The second-order valence-electron chi connectivity index (χ2n) is 5.82. The van der Waals surface area contributed by atoms with E-state index in [9.17, 15) is 19.1 Å². The van der Waals surface area contributed by atoms with E-state index < -0.39 is 23.6 Å². The minimum absolute atomic E-state index is 0.0348. The molecule has 4 atom stereocenters. The molecule has 2 saturated carbocycles. The molecule has 0 spiro atoms. The van der Waals surface area contributed by atoms with Crippen LogP contribution in [0.4, 0.5) is 10.1 Å². The number of hydrogen-bond acceptors (Lipinski definition) is 3. The minimum Gasteiger partial charge on any atom is -0.550 e. The standard InChI is InChI=1S/C15H15ClFNO3/c16-10-6-9(3-4-11(10)17)18-14(19)12-7-1-2-8(5-7)13(12)15(20)21/h3-4,6-8,12-13H,1-2,5H2,(H,18,19)(H,20,21)/p-1/t7-,8-,12+,13-/m0/s1. The van der Waals surface area contributed by atoms with Crippen molar-refractivity contribution in [2.45, 2.75) is 19.3 Å². The summed E-state index contributed by atoms with van der Waals surface area (Å²) in [6.07, 6.45) is 2.48. The smallest absolute Gasteiger partial charge is 0.228 e. The molecule has 2 fully saturated rings. The molecule has 0 unspecified atom stereocenters. The van der Waals surface area contributed by atoms with Crippen LogP contribution in [0.1, 0.15) is 19.3 Å². The number of halogens is 2. The van der Waals surface area contributed by atoms with Gasteiger partial charge in [-0.3, -0.25) is 4.79 Å². The van der Waals surface area contributed by atoms with Crippen LogP contribution in [0.5, 0.6) is 0 Å². The monoisotopic (exact) mass is 310 g/mol. The maximum atomic E-state index is 13.1. The van der Waals surface area contributed by atoms with Gasteiger partial charge >= 0.3 is 0 Å². The number of carbonyl (C=O) groups is 2. The average molecular weight is 311 g/mol. The summed E-state index contributed by atoms with van der Waals surface area (Å²) in [5.41, 5.74) is 0.367. The van der Waals surface area contributed by atoms with Crippen molar-refractivity contribution in [3.05, 3.63) is 29.0 Å². The molecule has 4 nitrogen and oxygen atoms in total. The zero-order valence-electron chi connectivity index (χ0n) is 11.1. The van der Waals surface area contributed by atoms with E-state index in [-0.39, 0.29) is 22.8 Å². The molecule has 0 saturated heterocycles. The van der Waals surface area contributed by atoms with Gasteiger partial charge in [0.1, 0.15) is 5.82 Å². The quantitative estimate of drug-likeness (QED) is 0.926. The van der Waals surface area contributed by atoms with Crippen LogP contribution in [0.2, 0.25) is 5.02 Å². The summed E-state index contributed by atoms with van der Waals surface area (Å²) in [6.45, 7) is 0. The normalized spacial score (nSPS) is 30.4. The first kappa shape index (κ1) is 14.3. The van der Waals surface area contributed by atoms with E-state index in [1.807, 2.05) is 0 Å². The highest BCUT2D eigenvalue weighted by molar-refractivity contribution is 6.31. The van der Waals surface area contributed by atoms with Crippen molar-refractivity contribution in [3.8, 4) is 0 Å². The number of carboxylic acid groups (broad SMARTS) is 1. The van der Waals surface area contributed by atoms with Gasteiger partial charge in [-0.25, -0.2) is 4.39 Å². The maximum absolute atomic E-state index is 13.1. The Morgan fingerprint density at radius 2 is 1.90 bits per heavy atom. The Balaban J connectivity index is 1.78. The molecule has 0 aromatic heterocycles. The fourth-order valence-electron chi connectivity index (χ4n) is 3.81. The van der Waals surface area contributed by atoms with Crippen LogP contribution >= 0.6 is 11.6 Å². The summed E-state index contributed by atoms with van der Waals surface area (Å²) in [4.78, 5) is 23.7. The number of anilines is 1. The van der Waals surface area contributed by atoms with Gasteiger partial charge in [0.25, 0.3) is 0 Å². The van der Waals surface area contributed by atoms with E-state index in [1.165, 1.54) is 12.1 Å². The Labute approximate surface area is 126 Å². The molecule has 1 amide bonds. The molecule has 1 aromatic carbocycles. The third kappa shape index (κ3) is 2.50. The molecule has 112 valence electrons.